The molecule has 0 aliphatic carbocycles. The highest BCUT2D eigenvalue weighted by Gasteiger charge is 2.22. The number of benzene rings is 3. The molecule has 3 rings (SSSR count). The number of hydrogen-bond donors (Lipinski definition) is 1. The van der Waals surface area contributed by atoms with Crippen molar-refractivity contribution in [2.24, 2.45) is 9.98 Å². The first-order valence-electron chi connectivity index (χ1n) is 12.7. The van der Waals surface area contributed by atoms with E-state index < -0.39 is 0 Å². The Morgan fingerprint density at radius 1 is 0.784 bits per heavy atom. The first-order valence-corrected chi connectivity index (χ1v) is 12.7. The molecule has 5 heteroatoms. The molecule has 0 aromatic heterocycles. The van der Waals surface area contributed by atoms with E-state index >= 15 is 0 Å². The lowest BCUT2D eigenvalue weighted by atomic mass is 9.90. The number of anilines is 2. The van der Waals surface area contributed by atoms with E-state index in [9.17, 15) is 0 Å². The largest absolute Gasteiger partial charge is 0.497 e. The van der Waals surface area contributed by atoms with Crippen molar-refractivity contribution in [1.82, 2.24) is 0 Å². The van der Waals surface area contributed by atoms with Gasteiger partial charge in [0.05, 0.1) is 7.11 Å². The molecule has 0 aliphatic heterocycles. The topological polar surface area (TPSA) is 61.0 Å². The summed E-state index contributed by atoms with van der Waals surface area (Å²) in [5.74, 6) is 1.65. The molecule has 0 radical (unpaired) electrons. The van der Waals surface area contributed by atoms with Crippen molar-refractivity contribution in [1.29, 1.82) is 5.41 Å². The van der Waals surface area contributed by atoms with Crippen LogP contribution in [0.2, 0.25) is 0 Å². The van der Waals surface area contributed by atoms with Gasteiger partial charge in [0, 0.05) is 35.8 Å². The molecule has 37 heavy (non-hydrogen) atoms. The third kappa shape index (κ3) is 5.22. The van der Waals surface area contributed by atoms with Gasteiger partial charge >= 0.3 is 0 Å². The van der Waals surface area contributed by atoms with Crippen LogP contribution in [0.15, 0.2) is 40.3 Å². The maximum absolute atomic E-state index is 9.11. The van der Waals surface area contributed by atoms with Crippen molar-refractivity contribution in [2.45, 2.75) is 62.3 Å². The molecule has 194 valence electrons. The monoisotopic (exact) mass is 496 g/mol. The molecule has 0 amide bonds. The van der Waals surface area contributed by atoms with Gasteiger partial charge in [-0.2, -0.15) is 0 Å². The van der Waals surface area contributed by atoms with Gasteiger partial charge in [0.15, 0.2) is 11.7 Å². The lowest BCUT2D eigenvalue weighted by Crippen LogP contribution is -2.17. The van der Waals surface area contributed by atoms with Crippen molar-refractivity contribution in [2.75, 3.05) is 19.1 Å². The first kappa shape index (κ1) is 27.9. The number of hydrogen-bond acceptors (Lipinski definition) is 3. The summed E-state index contributed by atoms with van der Waals surface area (Å²) in [6.45, 7) is 18.8. The summed E-state index contributed by atoms with van der Waals surface area (Å²) in [7, 11) is 3.76. The maximum atomic E-state index is 9.11. The van der Waals surface area contributed by atoms with Crippen LogP contribution in [0.1, 0.15) is 62.6 Å². The van der Waals surface area contributed by atoms with E-state index in [4.69, 9.17) is 15.1 Å². The van der Waals surface area contributed by atoms with Crippen molar-refractivity contribution in [3.8, 4) is 5.75 Å². The van der Waals surface area contributed by atoms with Crippen LogP contribution in [0.3, 0.4) is 0 Å². The van der Waals surface area contributed by atoms with Gasteiger partial charge in [0.25, 0.3) is 0 Å². The number of aliphatic imine (C=N–C) groups is 2. The van der Waals surface area contributed by atoms with Crippen LogP contribution < -0.4 is 9.64 Å². The van der Waals surface area contributed by atoms with Crippen LogP contribution in [0.5, 0.6) is 5.75 Å². The van der Waals surface area contributed by atoms with Gasteiger partial charge in [-0.1, -0.05) is 6.07 Å². The zero-order valence-electron chi connectivity index (χ0n) is 24.2. The highest BCUT2D eigenvalue weighted by molar-refractivity contribution is 6.14. The molecule has 0 unspecified atom stereocenters. The molecule has 0 saturated carbocycles. The van der Waals surface area contributed by atoms with E-state index in [1.54, 1.807) is 13.3 Å². The zero-order valence-corrected chi connectivity index (χ0v) is 24.2. The molecule has 1 N–H and O–H groups in total. The Balaban J connectivity index is 2.16. The maximum Gasteiger partial charge on any atom is 0.161 e. The van der Waals surface area contributed by atoms with Gasteiger partial charge < -0.3 is 9.64 Å². The molecular weight excluding hydrogens is 456 g/mol. The Kier molecular flexibility index (Phi) is 8.37. The summed E-state index contributed by atoms with van der Waals surface area (Å²) in [6.07, 6.45) is 1.76. The van der Waals surface area contributed by atoms with Gasteiger partial charge in [0.1, 0.15) is 5.75 Å². The number of methoxy groups -OCH3 is 1. The molecular formula is C32H40N4O. The number of nitrogens with one attached hydrogen (secondary N) is 1. The fourth-order valence-electron chi connectivity index (χ4n) is 5.07. The van der Waals surface area contributed by atoms with E-state index in [1.165, 1.54) is 11.1 Å². The van der Waals surface area contributed by atoms with Crippen LogP contribution in [0.25, 0.3) is 0 Å². The fourth-order valence-corrected chi connectivity index (χ4v) is 5.07. The van der Waals surface area contributed by atoms with Gasteiger partial charge in [-0.25, -0.2) is 9.98 Å². The van der Waals surface area contributed by atoms with Gasteiger partial charge in [-0.3, -0.25) is 5.41 Å². The summed E-state index contributed by atoms with van der Waals surface area (Å²) < 4.78 is 5.33. The number of nitrogens with zero attached hydrogens (tertiary/aromatic N) is 3. The second-order valence-electron chi connectivity index (χ2n) is 9.79. The van der Waals surface area contributed by atoms with E-state index in [2.05, 4.69) is 90.5 Å². The summed E-state index contributed by atoms with van der Waals surface area (Å²) in [5.41, 5.74) is 13.2. The summed E-state index contributed by atoms with van der Waals surface area (Å²) >= 11 is 0. The lowest BCUT2D eigenvalue weighted by Gasteiger charge is -2.28. The van der Waals surface area contributed by atoms with E-state index in [0.717, 1.165) is 61.6 Å². The van der Waals surface area contributed by atoms with E-state index in [0.29, 0.717) is 5.84 Å². The SMILES string of the molecule is CC=NC(=NC(=N)c1c(C)c(C)c(N(C)c2ccc(OC)cc2)c(C)c1C)c1c(C)c(C)cc(C)c1C. The molecule has 0 bridgehead atoms. The number of amidine groups is 2. The van der Waals surface area contributed by atoms with Crippen LogP contribution >= 0.6 is 0 Å². The molecule has 0 saturated heterocycles. The molecule has 3 aromatic rings. The molecule has 0 atom stereocenters. The normalized spacial score (nSPS) is 11.8. The van der Waals surface area contributed by atoms with Crippen molar-refractivity contribution < 1.29 is 4.74 Å². The Hall–Kier alpha value is -3.73. The molecule has 0 spiro atoms. The van der Waals surface area contributed by atoms with Gasteiger partial charge in [0.2, 0.25) is 0 Å². The number of ether oxygens (including phenoxy) is 1. The lowest BCUT2D eigenvalue weighted by molar-refractivity contribution is 0.415. The third-order valence-corrected chi connectivity index (χ3v) is 7.68. The van der Waals surface area contributed by atoms with E-state index in [1.807, 2.05) is 19.1 Å². The average Bonchev–Trinajstić information content (AvgIpc) is 2.86. The Morgan fingerprint density at radius 2 is 1.30 bits per heavy atom. The molecule has 0 aliphatic rings. The van der Waals surface area contributed by atoms with Crippen LogP contribution in [-0.2, 0) is 0 Å². The van der Waals surface area contributed by atoms with Crippen molar-refractivity contribution >= 4 is 29.3 Å². The zero-order chi connectivity index (χ0) is 27.6. The Labute approximate surface area is 222 Å². The molecule has 3 aromatic carbocycles. The second-order valence-corrected chi connectivity index (χ2v) is 9.79. The minimum absolute atomic E-state index is 0.235. The quantitative estimate of drug-likeness (QED) is 0.289. The summed E-state index contributed by atoms with van der Waals surface area (Å²) in [5, 5.41) is 9.11. The number of rotatable bonds is 5. The van der Waals surface area contributed by atoms with Crippen LogP contribution in [0, 0.1) is 60.8 Å². The van der Waals surface area contributed by atoms with Gasteiger partial charge in [-0.15, -0.1) is 0 Å². The number of aryl methyl sites for hydroxylation is 2. The molecule has 0 fully saturated rings. The average molecular weight is 497 g/mol. The summed E-state index contributed by atoms with van der Waals surface area (Å²) in [6, 6.07) is 10.3. The van der Waals surface area contributed by atoms with E-state index in [-0.39, 0.29) is 5.84 Å². The molecule has 0 heterocycles. The first-order chi connectivity index (χ1) is 17.4. The van der Waals surface area contributed by atoms with Crippen molar-refractivity contribution in [3.05, 3.63) is 86.0 Å². The Morgan fingerprint density at radius 3 is 1.76 bits per heavy atom. The molecule has 5 nitrogen and oxygen atoms in total. The second kappa shape index (κ2) is 11.1. The van der Waals surface area contributed by atoms with Crippen molar-refractivity contribution in [3.63, 3.8) is 0 Å². The highest BCUT2D eigenvalue weighted by Crippen LogP contribution is 2.37. The predicted octanol–water partition coefficient (Wildman–Crippen LogP) is 7.79. The Bertz CT molecular complexity index is 1360. The minimum atomic E-state index is 0.235. The summed E-state index contributed by atoms with van der Waals surface area (Å²) in [4.78, 5) is 11.7. The van der Waals surface area contributed by atoms with Crippen LogP contribution in [-0.4, -0.2) is 32.0 Å². The van der Waals surface area contributed by atoms with Gasteiger partial charge in [-0.05, 0) is 131 Å². The minimum Gasteiger partial charge on any atom is -0.497 e. The fraction of sp³-hybridized carbons (Fsp3) is 0.344. The third-order valence-electron chi connectivity index (χ3n) is 7.68. The van der Waals surface area contributed by atoms with Crippen LogP contribution in [0.4, 0.5) is 11.4 Å². The highest BCUT2D eigenvalue weighted by atomic mass is 16.5. The standard InChI is InChI=1S/C32H40N4O/c1-12-34-32(29-20(4)18(2)17-19(3)21(29)5)35-31(33)28-22(6)24(8)30(25(9)23(28)7)36(10)26-13-15-27(37-11)16-14-26/h12-17,33H,1-11H3. The smallest absolute Gasteiger partial charge is 0.161 e. The predicted molar refractivity (Wildman–Crippen MR) is 159 cm³/mol.